The highest BCUT2D eigenvalue weighted by Gasteiger charge is 2.26. The van der Waals surface area contributed by atoms with Gasteiger partial charge in [0.1, 0.15) is 6.04 Å². The van der Waals surface area contributed by atoms with Crippen LogP contribution in [0.2, 0.25) is 0 Å². The Morgan fingerprint density at radius 1 is 1.00 bits per heavy atom. The van der Waals surface area contributed by atoms with Gasteiger partial charge in [0.05, 0.1) is 0 Å². The maximum absolute atomic E-state index is 13.1. The van der Waals surface area contributed by atoms with Crippen LogP contribution >= 0.6 is 12.4 Å². The number of hydrogen-bond acceptors (Lipinski definition) is 3. The van der Waals surface area contributed by atoms with Crippen LogP contribution in [0.25, 0.3) is 0 Å². The Bertz CT molecular complexity index is 710. The third-order valence-corrected chi connectivity index (χ3v) is 4.33. The molecule has 2 aromatic rings. The van der Waals surface area contributed by atoms with Gasteiger partial charge in [0.2, 0.25) is 11.8 Å². The van der Waals surface area contributed by atoms with Gasteiger partial charge in [0.25, 0.3) is 0 Å². The van der Waals surface area contributed by atoms with E-state index in [2.05, 4.69) is 10.6 Å². The number of carbonyl (C=O) groups excluding carboxylic acids is 2. The van der Waals surface area contributed by atoms with Gasteiger partial charge >= 0.3 is 0 Å². The van der Waals surface area contributed by atoms with Crippen molar-refractivity contribution < 1.29 is 9.59 Å². The van der Waals surface area contributed by atoms with Crippen molar-refractivity contribution in [2.24, 2.45) is 5.92 Å². The Balaban J connectivity index is 0.00000364. The third-order valence-electron chi connectivity index (χ3n) is 4.33. The quantitative estimate of drug-likeness (QED) is 0.729. The van der Waals surface area contributed by atoms with Crippen molar-refractivity contribution in [1.82, 2.24) is 10.6 Å². The highest BCUT2D eigenvalue weighted by Crippen LogP contribution is 2.14. The fourth-order valence-corrected chi connectivity index (χ4v) is 2.78. The van der Waals surface area contributed by atoms with E-state index in [1.165, 1.54) is 0 Å². The Morgan fingerprint density at radius 3 is 2.11 bits per heavy atom. The van der Waals surface area contributed by atoms with Crippen LogP contribution in [0.4, 0.5) is 5.69 Å². The number of likely N-dealkylation sites (N-methyl/N-ethyl adjacent to an activating group) is 1. The molecule has 0 aliphatic carbocycles. The van der Waals surface area contributed by atoms with Gasteiger partial charge in [-0.05, 0) is 24.7 Å². The molecule has 0 aliphatic heterocycles. The van der Waals surface area contributed by atoms with Crippen LogP contribution in [-0.4, -0.2) is 38.5 Å². The molecule has 0 saturated heterocycles. The summed E-state index contributed by atoms with van der Waals surface area (Å²) in [5.74, 6) is -0.478. The summed E-state index contributed by atoms with van der Waals surface area (Å²) >= 11 is 0. The van der Waals surface area contributed by atoms with E-state index in [1.54, 1.807) is 19.0 Å². The fraction of sp³-hybridized carbons (Fsp3) is 0.333. The van der Waals surface area contributed by atoms with Gasteiger partial charge in [0, 0.05) is 31.6 Å². The van der Waals surface area contributed by atoms with Crippen LogP contribution in [0.1, 0.15) is 12.5 Å². The molecule has 2 aromatic carbocycles. The van der Waals surface area contributed by atoms with Crippen LogP contribution in [0, 0.1) is 5.92 Å². The Kier molecular flexibility index (Phi) is 9.54. The lowest BCUT2D eigenvalue weighted by atomic mass is 10.0. The maximum atomic E-state index is 13.1. The maximum Gasteiger partial charge on any atom is 0.249 e. The molecule has 0 fully saturated rings. The predicted molar refractivity (Wildman–Crippen MR) is 112 cm³/mol. The molecule has 0 aromatic heterocycles. The standard InChI is InChI=1S/C21H27N3O2.ClH/c1-16(15-22-2)20(25)23-19(14-17-10-6-4-7-11-17)21(26)24(3)18-12-8-5-9-13-18;/h4-13,16,19,22H,14-15H2,1-3H3,(H,23,25);1H/t16?,19-;/m0./s1. The average Bonchev–Trinajstić information content (AvgIpc) is 2.68. The van der Waals surface area contributed by atoms with E-state index in [-0.39, 0.29) is 30.1 Å². The van der Waals surface area contributed by atoms with E-state index in [0.717, 1.165) is 11.3 Å². The van der Waals surface area contributed by atoms with Gasteiger partial charge < -0.3 is 15.5 Å². The molecule has 2 N–H and O–H groups in total. The van der Waals surface area contributed by atoms with Gasteiger partial charge in [-0.15, -0.1) is 12.4 Å². The summed E-state index contributed by atoms with van der Waals surface area (Å²) in [6.45, 7) is 2.41. The zero-order valence-corrected chi connectivity index (χ0v) is 16.8. The van der Waals surface area contributed by atoms with Crippen LogP contribution in [0.5, 0.6) is 0 Å². The van der Waals surface area contributed by atoms with E-state index >= 15 is 0 Å². The molecule has 27 heavy (non-hydrogen) atoms. The number of amides is 2. The van der Waals surface area contributed by atoms with Crippen LogP contribution in [0.3, 0.4) is 0 Å². The first-order valence-corrected chi connectivity index (χ1v) is 8.84. The van der Waals surface area contributed by atoms with Crippen LogP contribution in [-0.2, 0) is 16.0 Å². The number of hydrogen-bond donors (Lipinski definition) is 2. The molecule has 2 rings (SSSR count). The summed E-state index contributed by atoms with van der Waals surface area (Å²) in [5.41, 5.74) is 1.81. The van der Waals surface area contributed by atoms with E-state index in [0.29, 0.717) is 13.0 Å². The summed E-state index contributed by atoms with van der Waals surface area (Å²) in [5, 5.41) is 5.92. The van der Waals surface area contributed by atoms with Gasteiger partial charge in [-0.3, -0.25) is 9.59 Å². The third kappa shape index (κ3) is 6.70. The minimum absolute atomic E-state index is 0. The molecule has 146 valence electrons. The second kappa shape index (κ2) is 11.4. The van der Waals surface area contributed by atoms with Gasteiger partial charge in [0.15, 0.2) is 0 Å². The molecule has 0 radical (unpaired) electrons. The Hall–Kier alpha value is -2.37. The minimum Gasteiger partial charge on any atom is -0.344 e. The van der Waals surface area contributed by atoms with Gasteiger partial charge in [-0.1, -0.05) is 55.5 Å². The molecular formula is C21H28ClN3O2. The molecule has 5 nitrogen and oxygen atoms in total. The smallest absolute Gasteiger partial charge is 0.249 e. The minimum atomic E-state index is -0.616. The summed E-state index contributed by atoms with van der Waals surface area (Å²) in [6.07, 6.45) is 0.453. The van der Waals surface area contributed by atoms with E-state index in [4.69, 9.17) is 0 Å². The molecule has 2 amide bonds. The molecule has 0 spiro atoms. The lowest BCUT2D eigenvalue weighted by molar-refractivity contribution is -0.129. The van der Waals surface area contributed by atoms with E-state index in [1.807, 2.05) is 67.6 Å². The van der Waals surface area contributed by atoms with Gasteiger partial charge in [-0.25, -0.2) is 0 Å². The normalized spacial score (nSPS) is 12.4. The van der Waals surface area contributed by atoms with Crippen LogP contribution < -0.4 is 15.5 Å². The highest BCUT2D eigenvalue weighted by molar-refractivity contribution is 5.99. The second-order valence-electron chi connectivity index (χ2n) is 6.44. The number of nitrogens with zero attached hydrogens (tertiary/aromatic N) is 1. The number of nitrogens with one attached hydrogen (secondary N) is 2. The number of anilines is 1. The molecule has 0 heterocycles. The van der Waals surface area contributed by atoms with E-state index in [9.17, 15) is 9.59 Å². The van der Waals surface area contributed by atoms with Crippen molar-refractivity contribution in [3.8, 4) is 0 Å². The lowest BCUT2D eigenvalue weighted by Gasteiger charge is -2.26. The zero-order valence-electron chi connectivity index (χ0n) is 16.0. The number of para-hydroxylation sites is 1. The average molecular weight is 390 g/mol. The molecule has 6 heteroatoms. The zero-order chi connectivity index (χ0) is 18.9. The van der Waals surface area contributed by atoms with Crippen molar-refractivity contribution in [1.29, 1.82) is 0 Å². The molecule has 0 saturated carbocycles. The van der Waals surface area contributed by atoms with Crippen molar-refractivity contribution in [2.75, 3.05) is 25.5 Å². The Labute approximate surface area is 167 Å². The van der Waals surface area contributed by atoms with Crippen molar-refractivity contribution in [3.63, 3.8) is 0 Å². The molecular weight excluding hydrogens is 362 g/mol. The van der Waals surface area contributed by atoms with Crippen LogP contribution in [0.15, 0.2) is 60.7 Å². The predicted octanol–water partition coefficient (Wildman–Crippen LogP) is 2.65. The molecule has 2 atom stereocenters. The summed E-state index contributed by atoms with van der Waals surface area (Å²) in [6, 6.07) is 18.6. The number of halogens is 1. The monoisotopic (exact) mass is 389 g/mol. The molecule has 0 aliphatic rings. The fourth-order valence-electron chi connectivity index (χ4n) is 2.78. The molecule has 0 bridgehead atoms. The van der Waals surface area contributed by atoms with E-state index < -0.39 is 6.04 Å². The number of carbonyl (C=O) groups is 2. The van der Waals surface area contributed by atoms with Crippen molar-refractivity contribution >= 4 is 29.9 Å². The van der Waals surface area contributed by atoms with Gasteiger partial charge in [-0.2, -0.15) is 0 Å². The highest BCUT2D eigenvalue weighted by atomic mass is 35.5. The summed E-state index contributed by atoms with van der Waals surface area (Å²) in [4.78, 5) is 27.1. The number of benzene rings is 2. The SMILES string of the molecule is CNCC(C)C(=O)N[C@@H](Cc1ccccc1)C(=O)N(C)c1ccccc1.Cl. The first-order valence-electron chi connectivity index (χ1n) is 8.84. The first-order chi connectivity index (χ1) is 12.5. The summed E-state index contributed by atoms with van der Waals surface area (Å²) in [7, 11) is 3.54. The number of rotatable bonds is 8. The topological polar surface area (TPSA) is 61.4 Å². The molecule has 1 unspecified atom stereocenters. The Morgan fingerprint density at radius 2 is 1.56 bits per heavy atom. The lowest BCUT2D eigenvalue weighted by Crippen LogP contribution is -2.50. The van der Waals surface area contributed by atoms with Crippen molar-refractivity contribution in [2.45, 2.75) is 19.4 Å². The first kappa shape index (κ1) is 22.7. The van der Waals surface area contributed by atoms with Crippen molar-refractivity contribution in [3.05, 3.63) is 66.2 Å². The summed E-state index contributed by atoms with van der Waals surface area (Å²) < 4.78 is 0. The second-order valence-corrected chi connectivity index (χ2v) is 6.44. The largest absolute Gasteiger partial charge is 0.344 e.